The molecule has 0 radical (unpaired) electrons. The summed E-state index contributed by atoms with van der Waals surface area (Å²) in [6.45, 7) is 6.72. The molecule has 1 saturated heterocycles. The zero-order valence-electron chi connectivity index (χ0n) is 17.9. The molecule has 1 aromatic carbocycles. The highest BCUT2D eigenvalue weighted by Crippen LogP contribution is 2.17. The summed E-state index contributed by atoms with van der Waals surface area (Å²) in [6.07, 6.45) is 4.03. The number of amides is 1. The van der Waals surface area contributed by atoms with Gasteiger partial charge in [0.25, 0.3) is 11.5 Å². The molecule has 1 atom stereocenters. The Labute approximate surface area is 176 Å². The summed E-state index contributed by atoms with van der Waals surface area (Å²) in [6, 6.07) is 7.83. The molecule has 1 unspecified atom stereocenters. The number of hydrogen-bond donors (Lipinski definition) is 2. The lowest BCUT2D eigenvalue weighted by atomic mass is 9.99. The number of pyridine rings is 1. The molecule has 30 heavy (non-hydrogen) atoms. The zero-order valence-corrected chi connectivity index (χ0v) is 17.9. The number of carbonyl (C=O) groups excluding carboxylic acids is 1. The van der Waals surface area contributed by atoms with Gasteiger partial charge in [-0.15, -0.1) is 0 Å². The Morgan fingerprint density at radius 2 is 2.13 bits per heavy atom. The van der Waals surface area contributed by atoms with Gasteiger partial charge in [0.1, 0.15) is 11.4 Å². The lowest BCUT2D eigenvalue weighted by Crippen LogP contribution is -2.37. The van der Waals surface area contributed by atoms with E-state index in [9.17, 15) is 9.59 Å². The third-order valence-electron chi connectivity index (χ3n) is 6.08. The van der Waals surface area contributed by atoms with Crippen LogP contribution in [0.3, 0.4) is 0 Å². The summed E-state index contributed by atoms with van der Waals surface area (Å²) in [5.74, 6) is 1.04. The van der Waals surface area contributed by atoms with E-state index in [4.69, 9.17) is 0 Å². The number of rotatable bonds is 5. The van der Waals surface area contributed by atoms with Crippen LogP contribution in [0.4, 0.5) is 0 Å². The first-order valence-electron chi connectivity index (χ1n) is 10.5. The Morgan fingerprint density at radius 1 is 1.30 bits per heavy atom. The Balaban J connectivity index is 1.50. The number of fused-ring (bicyclic) bond motifs is 1. The molecular formula is C23H29N5O2. The molecule has 2 aromatic heterocycles. The maximum absolute atomic E-state index is 13.0. The number of carbonyl (C=O) groups is 1. The van der Waals surface area contributed by atoms with Gasteiger partial charge >= 0.3 is 0 Å². The van der Waals surface area contributed by atoms with Crippen LogP contribution in [0.5, 0.6) is 0 Å². The highest BCUT2D eigenvalue weighted by molar-refractivity contribution is 5.95. The quantitative estimate of drug-likeness (QED) is 0.680. The highest BCUT2D eigenvalue weighted by Gasteiger charge is 2.19. The van der Waals surface area contributed by atoms with Crippen LogP contribution < -0.4 is 16.2 Å². The number of nitrogens with zero attached hydrogens (tertiary/aromatic N) is 3. The summed E-state index contributed by atoms with van der Waals surface area (Å²) in [4.78, 5) is 30.4. The van der Waals surface area contributed by atoms with Crippen molar-refractivity contribution in [1.29, 1.82) is 0 Å². The van der Waals surface area contributed by atoms with E-state index in [1.54, 1.807) is 10.8 Å². The molecule has 0 saturated carbocycles. The van der Waals surface area contributed by atoms with Crippen LogP contribution in [-0.4, -0.2) is 33.1 Å². The highest BCUT2D eigenvalue weighted by atomic mass is 16.2. The van der Waals surface area contributed by atoms with Gasteiger partial charge in [-0.2, -0.15) is 0 Å². The molecular weight excluding hydrogens is 378 g/mol. The van der Waals surface area contributed by atoms with Crippen molar-refractivity contribution in [1.82, 2.24) is 24.8 Å². The number of aromatic nitrogens is 3. The summed E-state index contributed by atoms with van der Waals surface area (Å²) in [7, 11) is 1.98. The SMILES string of the molecule is Cc1ccn(CC2CCCNC2)c(=O)c1C(=O)NCc1ccc2c(c1)nc(C)n2C. The van der Waals surface area contributed by atoms with Crippen molar-refractivity contribution in [2.75, 3.05) is 13.1 Å². The molecule has 1 aliphatic rings. The van der Waals surface area contributed by atoms with Gasteiger partial charge in [-0.3, -0.25) is 9.59 Å². The number of aryl methyl sites for hydroxylation is 3. The predicted octanol–water partition coefficient (Wildman–Crippen LogP) is 2.28. The van der Waals surface area contributed by atoms with Gasteiger partial charge in [0.15, 0.2) is 0 Å². The summed E-state index contributed by atoms with van der Waals surface area (Å²) in [5.41, 5.74) is 3.63. The van der Waals surface area contributed by atoms with Crippen LogP contribution in [0.25, 0.3) is 11.0 Å². The molecule has 1 aliphatic heterocycles. The van der Waals surface area contributed by atoms with Crippen molar-refractivity contribution in [3.05, 3.63) is 63.3 Å². The van der Waals surface area contributed by atoms with E-state index in [2.05, 4.69) is 15.6 Å². The Kier molecular flexibility index (Phi) is 5.72. The fourth-order valence-electron chi connectivity index (χ4n) is 4.19. The number of nitrogens with one attached hydrogen (secondary N) is 2. The van der Waals surface area contributed by atoms with Crippen molar-refractivity contribution in [2.24, 2.45) is 13.0 Å². The molecule has 1 fully saturated rings. The maximum Gasteiger partial charge on any atom is 0.263 e. The van der Waals surface area contributed by atoms with E-state index in [0.29, 0.717) is 24.6 Å². The van der Waals surface area contributed by atoms with Crippen LogP contribution in [-0.2, 0) is 20.1 Å². The fourth-order valence-corrected chi connectivity index (χ4v) is 4.19. The van der Waals surface area contributed by atoms with Crippen molar-refractivity contribution in [2.45, 2.75) is 39.8 Å². The average Bonchev–Trinajstić information content (AvgIpc) is 3.02. The molecule has 3 aromatic rings. The first-order valence-corrected chi connectivity index (χ1v) is 10.5. The normalized spacial score (nSPS) is 16.7. The first-order chi connectivity index (χ1) is 14.4. The van der Waals surface area contributed by atoms with Gasteiger partial charge in [-0.1, -0.05) is 6.07 Å². The number of piperidine rings is 1. The Hall–Kier alpha value is -2.93. The van der Waals surface area contributed by atoms with Crippen molar-refractivity contribution in [3.63, 3.8) is 0 Å². The molecule has 0 spiro atoms. The van der Waals surface area contributed by atoms with Crippen LogP contribution >= 0.6 is 0 Å². The summed E-state index contributed by atoms with van der Waals surface area (Å²) < 4.78 is 3.72. The van der Waals surface area contributed by atoms with E-state index in [1.165, 1.54) is 0 Å². The van der Waals surface area contributed by atoms with E-state index in [-0.39, 0.29) is 17.0 Å². The van der Waals surface area contributed by atoms with Gasteiger partial charge in [0.05, 0.1) is 11.0 Å². The lowest BCUT2D eigenvalue weighted by molar-refractivity contribution is 0.0948. The van der Waals surface area contributed by atoms with E-state index < -0.39 is 0 Å². The third kappa shape index (κ3) is 4.03. The van der Waals surface area contributed by atoms with Gasteiger partial charge < -0.3 is 19.8 Å². The molecule has 158 valence electrons. The fraction of sp³-hybridized carbons (Fsp3) is 0.435. The molecule has 7 nitrogen and oxygen atoms in total. The van der Waals surface area contributed by atoms with Gasteiger partial charge in [-0.25, -0.2) is 4.98 Å². The molecule has 7 heteroatoms. The van der Waals surface area contributed by atoms with Crippen molar-refractivity contribution in [3.8, 4) is 0 Å². The molecule has 2 N–H and O–H groups in total. The van der Waals surface area contributed by atoms with E-state index in [0.717, 1.165) is 48.4 Å². The number of imidazole rings is 1. The number of hydrogen-bond acceptors (Lipinski definition) is 4. The average molecular weight is 408 g/mol. The van der Waals surface area contributed by atoms with Gasteiger partial charge in [-0.05, 0) is 75.0 Å². The maximum atomic E-state index is 13.0. The molecule has 3 heterocycles. The Bertz CT molecular complexity index is 1140. The molecule has 1 amide bonds. The minimum atomic E-state index is -0.328. The summed E-state index contributed by atoms with van der Waals surface area (Å²) in [5, 5.41) is 6.29. The van der Waals surface area contributed by atoms with Gasteiger partial charge in [0, 0.05) is 26.3 Å². The zero-order chi connectivity index (χ0) is 21.3. The van der Waals surface area contributed by atoms with Crippen molar-refractivity contribution < 1.29 is 4.79 Å². The van der Waals surface area contributed by atoms with E-state index >= 15 is 0 Å². The third-order valence-corrected chi connectivity index (χ3v) is 6.08. The second kappa shape index (κ2) is 8.44. The van der Waals surface area contributed by atoms with E-state index in [1.807, 2.05) is 49.7 Å². The van der Waals surface area contributed by atoms with Crippen molar-refractivity contribution >= 4 is 16.9 Å². The largest absolute Gasteiger partial charge is 0.348 e. The standard InChI is InChI=1S/C23H29N5O2/c1-15-8-10-28(14-18-5-4-9-24-12-18)23(30)21(15)22(29)25-13-17-6-7-20-19(11-17)26-16(2)27(20)3/h6-8,10-11,18,24H,4-5,9,12-14H2,1-3H3,(H,25,29). The monoisotopic (exact) mass is 407 g/mol. The summed E-state index contributed by atoms with van der Waals surface area (Å²) >= 11 is 0. The minimum absolute atomic E-state index is 0.214. The first kappa shape index (κ1) is 20.3. The number of benzene rings is 1. The smallest absolute Gasteiger partial charge is 0.263 e. The predicted molar refractivity (Wildman–Crippen MR) is 118 cm³/mol. The topological polar surface area (TPSA) is 81.0 Å². The molecule has 0 aliphatic carbocycles. The van der Waals surface area contributed by atoms with Crippen LogP contribution in [0, 0.1) is 19.8 Å². The molecule has 4 rings (SSSR count). The minimum Gasteiger partial charge on any atom is -0.348 e. The van der Waals surface area contributed by atoms with Crippen LogP contribution in [0.15, 0.2) is 35.3 Å². The van der Waals surface area contributed by atoms with Crippen LogP contribution in [0.2, 0.25) is 0 Å². The van der Waals surface area contributed by atoms with Crippen LogP contribution in [0.1, 0.15) is 40.2 Å². The lowest BCUT2D eigenvalue weighted by Gasteiger charge is -2.23. The second-order valence-electron chi connectivity index (χ2n) is 8.27. The Morgan fingerprint density at radius 3 is 2.90 bits per heavy atom. The second-order valence-corrected chi connectivity index (χ2v) is 8.27. The molecule has 0 bridgehead atoms. The van der Waals surface area contributed by atoms with Gasteiger partial charge in [0.2, 0.25) is 0 Å².